The van der Waals surface area contributed by atoms with Gasteiger partial charge in [0.15, 0.2) is 5.96 Å². The van der Waals surface area contributed by atoms with E-state index in [9.17, 15) is 4.79 Å². The molecule has 3 aliphatic rings. The molecular weight excluding hydrogens is 328 g/mol. The molecule has 1 aromatic rings. The molecule has 1 aromatic heterocycles. The van der Waals surface area contributed by atoms with Crippen molar-refractivity contribution in [2.45, 2.75) is 63.5 Å². The third kappa shape index (κ3) is 4.59. The first-order chi connectivity index (χ1) is 12.8. The molecule has 1 unspecified atom stereocenters. The standard InChI is InChI=1S/C20H30N4O2/c25-19-12-15(14-24(19)17-7-8-17)13-22-20(23-16-4-1-2-5-16)21-10-9-18-6-3-11-26-18/h3,6,11,15-17H,1-2,4-5,7-10,12-14H2,(H2,21,22,23). The van der Waals surface area contributed by atoms with Gasteiger partial charge in [0, 0.05) is 50.5 Å². The Bertz CT molecular complexity index is 618. The SMILES string of the molecule is O=C1CC(CN=C(NCCc2ccco2)NC2CCCC2)CN1C1CC1. The van der Waals surface area contributed by atoms with Gasteiger partial charge in [0.1, 0.15) is 5.76 Å². The summed E-state index contributed by atoms with van der Waals surface area (Å²) in [5.41, 5.74) is 0. The van der Waals surface area contributed by atoms with E-state index in [1.54, 1.807) is 6.26 Å². The van der Waals surface area contributed by atoms with Gasteiger partial charge in [0.25, 0.3) is 0 Å². The van der Waals surface area contributed by atoms with Crippen molar-refractivity contribution in [3.05, 3.63) is 24.2 Å². The van der Waals surface area contributed by atoms with E-state index in [0.717, 1.165) is 37.8 Å². The van der Waals surface area contributed by atoms with Crippen molar-refractivity contribution in [1.29, 1.82) is 0 Å². The molecule has 6 heteroatoms. The Hall–Kier alpha value is -1.98. The van der Waals surface area contributed by atoms with Crippen LogP contribution >= 0.6 is 0 Å². The van der Waals surface area contributed by atoms with Crippen molar-refractivity contribution in [1.82, 2.24) is 15.5 Å². The molecule has 2 aliphatic carbocycles. The minimum absolute atomic E-state index is 0.323. The molecule has 142 valence electrons. The van der Waals surface area contributed by atoms with Crippen LogP contribution in [0.5, 0.6) is 0 Å². The average Bonchev–Trinajstić information content (AvgIpc) is 3.04. The lowest BCUT2D eigenvalue weighted by atomic mass is 10.1. The van der Waals surface area contributed by atoms with E-state index >= 15 is 0 Å². The van der Waals surface area contributed by atoms with Crippen LogP contribution in [0.3, 0.4) is 0 Å². The summed E-state index contributed by atoms with van der Waals surface area (Å²) in [6.45, 7) is 2.40. The number of hydrogen-bond acceptors (Lipinski definition) is 3. The molecular formula is C20H30N4O2. The second-order valence-corrected chi connectivity index (χ2v) is 7.92. The number of likely N-dealkylation sites (tertiary alicyclic amines) is 1. The maximum atomic E-state index is 12.1. The Morgan fingerprint density at radius 3 is 2.85 bits per heavy atom. The number of aliphatic imine (C=N–C) groups is 1. The van der Waals surface area contributed by atoms with Crippen molar-refractivity contribution in [3.63, 3.8) is 0 Å². The third-order valence-corrected chi connectivity index (χ3v) is 5.67. The fourth-order valence-electron chi connectivity index (χ4n) is 4.07. The van der Waals surface area contributed by atoms with Gasteiger partial charge >= 0.3 is 0 Å². The zero-order valence-electron chi connectivity index (χ0n) is 15.5. The average molecular weight is 358 g/mol. The fraction of sp³-hybridized carbons (Fsp3) is 0.700. The summed E-state index contributed by atoms with van der Waals surface area (Å²) in [5, 5.41) is 7.03. The number of rotatable bonds is 7. The van der Waals surface area contributed by atoms with Gasteiger partial charge in [0.05, 0.1) is 6.26 Å². The molecule has 0 spiro atoms. The molecule has 0 aromatic carbocycles. The molecule has 2 heterocycles. The normalized spacial score (nSPS) is 24.5. The van der Waals surface area contributed by atoms with Gasteiger partial charge in [-0.3, -0.25) is 9.79 Å². The summed E-state index contributed by atoms with van der Waals surface area (Å²) >= 11 is 0. The van der Waals surface area contributed by atoms with Crippen LogP contribution in [0.2, 0.25) is 0 Å². The van der Waals surface area contributed by atoms with Crippen LogP contribution in [-0.4, -0.2) is 48.5 Å². The molecule has 3 fully saturated rings. The smallest absolute Gasteiger partial charge is 0.223 e. The van der Waals surface area contributed by atoms with E-state index in [0.29, 0.717) is 30.3 Å². The summed E-state index contributed by atoms with van der Waals surface area (Å²) in [7, 11) is 0. The van der Waals surface area contributed by atoms with Gasteiger partial charge in [0.2, 0.25) is 5.91 Å². The van der Waals surface area contributed by atoms with Crippen molar-refractivity contribution < 1.29 is 9.21 Å². The maximum absolute atomic E-state index is 12.1. The summed E-state index contributed by atoms with van der Waals surface area (Å²) in [4.78, 5) is 19.0. The lowest BCUT2D eigenvalue weighted by Crippen LogP contribution is -2.43. The Labute approximate surface area is 155 Å². The second-order valence-electron chi connectivity index (χ2n) is 7.92. The molecule has 2 saturated carbocycles. The largest absolute Gasteiger partial charge is 0.469 e. The zero-order chi connectivity index (χ0) is 17.8. The topological polar surface area (TPSA) is 69.9 Å². The number of amides is 1. The van der Waals surface area contributed by atoms with Gasteiger partial charge in [-0.1, -0.05) is 12.8 Å². The van der Waals surface area contributed by atoms with Crippen LogP contribution in [0.1, 0.15) is 50.7 Å². The number of carbonyl (C=O) groups excluding carboxylic acids is 1. The number of carbonyl (C=O) groups is 1. The highest BCUT2D eigenvalue weighted by Gasteiger charge is 2.39. The molecule has 1 aliphatic heterocycles. The Kier molecular flexibility index (Phi) is 5.46. The van der Waals surface area contributed by atoms with Crippen LogP contribution in [-0.2, 0) is 11.2 Å². The number of furan rings is 1. The molecule has 2 N–H and O–H groups in total. The van der Waals surface area contributed by atoms with E-state index in [4.69, 9.17) is 9.41 Å². The van der Waals surface area contributed by atoms with Gasteiger partial charge < -0.3 is 20.0 Å². The molecule has 0 bridgehead atoms. The Balaban J connectivity index is 1.30. The highest BCUT2D eigenvalue weighted by atomic mass is 16.3. The number of nitrogens with zero attached hydrogens (tertiary/aromatic N) is 2. The number of nitrogens with one attached hydrogen (secondary N) is 2. The maximum Gasteiger partial charge on any atom is 0.223 e. The molecule has 1 atom stereocenters. The summed E-state index contributed by atoms with van der Waals surface area (Å²) in [6.07, 6.45) is 10.6. The molecule has 6 nitrogen and oxygen atoms in total. The van der Waals surface area contributed by atoms with Crippen molar-refractivity contribution in [2.24, 2.45) is 10.9 Å². The Morgan fingerprint density at radius 1 is 1.27 bits per heavy atom. The third-order valence-electron chi connectivity index (χ3n) is 5.67. The van der Waals surface area contributed by atoms with E-state index in [1.165, 1.54) is 38.5 Å². The van der Waals surface area contributed by atoms with Gasteiger partial charge in [-0.15, -0.1) is 0 Å². The summed E-state index contributed by atoms with van der Waals surface area (Å²) in [6, 6.07) is 4.97. The van der Waals surface area contributed by atoms with E-state index in [1.807, 2.05) is 12.1 Å². The highest BCUT2D eigenvalue weighted by molar-refractivity contribution is 5.81. The molecule has 1 amide bonds. The van der Waals surface area contributed by atoms with Gasteiger partial charge in [-0.2, -0.15) is 0 Å². The molecule has 1 saturated heterocycles. The van der Waals surface area contributed by atoms with E-state index in [2.05, 4.69) is 15.5 Å². The zero-order valence-corrected chi connectivity index (χ0v) is 15.5. The van der Waals surface area contributed by atoms with Crippen LogP contribution < -0.4 is 10.6 Å². The van der Waals surface area contributed by atoms with Crippen LogP contribution in [0.25, 0.3) is 0 Å². The Morgan fingerprint density at radius 2 is 2.12 bits per heavy atom. The summed E-state index contributed by atoms with van der Waals surface area (Å²) in [5.74, 6) is 2.55. The first kappa shape index (κ1) is 17.4. The monoisotopic (exact) mass is 358 g/mol. The minimum atomic E-state index is 0.323. The fourth-order valence-corrected chi connectivity index (χ4v) is 4.07. The number of hydrogen-bond donors (Lipinski definition) is 2. The molecule has 0 radical (unpaired) electrons. The molecule has 4 rings (SSSR count). The first-order valence-corrected chi connectivity index (χ1v) is 10.1. The highest BCUT2D eigenvalue weighted by Crippen LogP contribution is 2.32. The van der Waals surface area contributed by atoms with Crippen LogP contribution in [0, 0.1) is 5.92 Å². The lowest BCUT2D eigenvalue weighted by Gasteiger charge is -2.18. The van der Waals surface area contributed by atoms with E-state index in [-0.39, 0.29) is 0 Å². The second kappa shape index (κ2) is 8.14. The van der Waals surface area contributed by atoms with Crippen LogP contribution in [0.15, 0.2) is 27.8 Å². The van der Waals surface area contributed by atoms with Crippen molar-refractivity contribution >= 4 is 11.9 Å². The quantitative estimate of drug-likeness (QED) is 0.580. The predicted octanol–water partition coefficient (Wildman–Crippen LogP) is 2.31. The number of guanidine groups is 1. The van der Waals surface area contributed by atoms with Crippen LogP contribution in [0.4, 0.5) is 0 Å². The lowest BCUT2D eigenvalue weighted by molar-refractivity contribution is -0.128. The minimum Gasteiger partial charge on any atom is -0.469 e. The van der Waals surface area contributed by atoms with E-state index < -0.39 is 0 Å². The van der Waals surface area contributed by atoms with Gasteiger partial charge in [-0.05, 0) is 37.8 Å². The molecule has 26 heavy (non-hydrogen) atoms. The van der Waals surface area contributed by atoms with Crippen molar-refractivity contribution in [3.8, 4) is 0 Å². The van der Waals surface area contributed by atoms with Gasteiger partial charge in [-0.25, -0.2) is 0 Å². The first-order valence-electron chi connectivity index (χ1n) is 10.1. The predicted molar refractivity (Wildman–Crippen MR) is 101 cm³/mol. The summed E-state index contributed by atoms with van der Waals surface area (Å²) < 4.78 is 5.40. The van der Waals surface area contributed by atoms with Crippen molar-refractivity contribution in [2.75, 3.05) is 19.6 Å².